The molecule has 4 aromatic rings. The zero-order valence-electron chi connectivity index (χ0n) is 37.5. The molecular formula is C53H60ClF3N2O6. The first-order valence-electron chi connectivity index (χ1n) is 23.3. The number of aliphatic hydroxyl groups is 2. The number of aliphatic hydroxyl groups excluding tert-OH is 1. The Labute approximate surface area is 384 Å². The quantitative estimate of drug-likeness (QED) is 0.114. The molecule has 2 amide bonds. The van der Waals surface area contributed by atoms with Crippen LogP contribution < -0.4 is 10.1 Å². The number of carbonyl (C=O) groups excluding carboxylic acids is 2. The molecule has 11 rings (SSSR count). The lowest BCUT2D eigenvalue weighted by Crippen LogP contribution is -2.58. The van der Waals surface area contributed by atoms with Gasteiger partial charge >= 0.3 is 12.2 Å². The number of urea groups is 1. The first-order valence-corrected chi connectivity index (χ1v) is 23.7. The van der Waals surface area contributed by atoms with Crippen LogP contribution in [-0.2, 0) is 12.6 Å². The fourth-order valence-electron chi connectivity index (χ4n) is 13.1. The number of methoxy groups -OCH3 is 1. The molecule has 0 unspecified atom stereocenters. The van der Waals surface area contributed by atoms with Gasteiger partial charge in [-0.1, -0.05) is 42.3 Å². The van der Waals surface area contributed by atoms with Gasteiger partial charge in [-0.15, -0.1) is 0 Å². The first-order chi connectivity index (χ1) is 30.9. The van der Waals surface area contributed by atoms with Crippen LogP contribution in [0.1, 0.15) is 130 Å². The predicted molar refractivity (Wildman–Crippen MR) is 245 cm³/mol. The lowest BCUT2D eigenvalue weighted by atomic mass is 9.49. The molecule has 7 aliphatic carbocycles. The molecule has 346 valence electrons. The largest absolute Gasteiger partial charge is 0.497 e. The zero-order valence-corrected chi connectivity index (χ0v) is 38.2. The summed E-state index contributed by atoms with van der Waals surface area (Å²) in [5, 5.41) is 27.8. The van der Waals surface area contributed by atoms with Crippen LogP contribution in [0.2, 0.25) is 5.02 Å². The molecule has 12 heteroatoms. The first kappa shape index (κ1) is 45.6. The van der Waals surface area contributed by atoms with E-state index in [0.717, 1.165) is 54.2 Å². The summed E-state index contributed by atoms with van der Waals surface area (Å²) in [6, 6.07) is 18.6. The Bertz CT molecular complexity index is 2430. The maximum atomic E-state index is 14.9. The highest BCUT2D eigenvalue weighted by molar-refractivity contribution is 6.33. The van der Waals surface area contributed by atoms with Crippen molar-refractivity contribution >= 4 is 29.1 Å². The molecule has 3 N–H and O–H groups in total. The predicted octanol–water partition coefficient (Wildman–Crippen LogP) is 12.6. The molecule has 1 heterocycles. The summed E-state index contributed by atoms with van der Waals surface area (Å²) >= 11 is 6.39. The van der Waals surface area contributed by atoms with Gasteiger partial charge in [0, 0.05) is 28.8 Å². The monoisotopic (exact) mass is 912 g/mol. The van der Waals surface area contributed by atoms with Crippen molar-refractivity contribution in [3.8, 4) is 17.1 Å². The minimum Gasteiger partial charge on any atom is -0.497 e. The fraction of sp³-hybridized carbons (Fsp3) is 0.509. The normalized spacial score (nSPS) is 29.8. The molecule has 0 saturated heterocycles. The third kappa shape index (κ3) is 9.14. The minimum atomic E-state index is -4.61. The fourth-order valence-corrected chi connectivity index (χ4v) is 13.3. The number of alkyl halides is 3. The number of anilines is 1. The standard InChI is InChI=1S/C53H60ClF3N2O6/c1-32-5-4-19-50(2)44(18-20-52(50,63)31-59(49(62)58-38-9-12-40(64-3)13-10-38)30-51-27-34-21-35(28-51)23-36(22-34)29-51)41-14-7-33(24-39(60)11-6-32)25-42(41)48(61)47-17-16-46(65-47)43-26-37(53(55,56)57)8-15-45(43)54/h5,7-10,12-17,25-26,34-36,39,44,60,63H,4,6,11,18-24,27-31H2,1-3H3,(H,58,62)/t34?,35?,36?,39-,44-,50-,51?,52+/m0/s1. The summed E-state index contributed by atoms with van der Waals surface area (Å²) in [5.41, 5.74) is 0.531. The van der Waals surface area contributed by atoms with Crippen molar-refractivity contribution in [2.45, 2.75) is 121 Å². The van der Waals surface area contributed by atoms with Crippen molar-refractivity contribution in [2.75, 3.05) is 25.5 Å². The second-order valence-corrected chi connectivity index (χ2v) is 21.0. The third-order valence-corrected chi connectivity index (χ3v) is 16.4. The number of carbonyl (C=O) groups is 2. The number of furan rings is 1. The van der Waals surface area contributed by atoms with E-state index in [1.807, 2.05) is 41.3 Å². The number of amides is 2. The van der Waals surface area contributed by atoms with Gasteiger partial charge in [0.15, 0.2) is 5.76 Å². The number of halogens is 4. The highest BCUT2D eigenvalue weighted by Crippen LogP contribution is 2.62. The molecule has 7 aliphatic rings. The van der Waals surface area contributed by atoms with E-state index in [4.69, 9.17) is 20.8 Å². The summed E-state index contributed by atoms with van der Waals surface area (Å²) in [6.07, 6.45) is 7.67. The number of ketones is 1. The molecule has 3 aromatic carbocycles. The van der Waals surface area contributed by atoms with Crippen molar-refractivity contribution in [1.82, 2.24) is 4.90 Å². The number of fused-ring (bicyclic) bond motifs is 8. The second-order valence-electron chi connectivity index (χ2n) is 20.6. The van der Waals surface area contributed by atoms with Gasteiger partial charge in [-0.05, 0) is 191 Å². The van der Waals surface area contributed by atoms with Gasteiger partial charge in [0.05, 0.1) is 35.9 Å². The molecule has 65 heavy (non-hydrogen) atoms. The van der Waals surface area contributed by atoms with Crippen molar-refractivity contribution in [2.24, 2.45) is 28.6 Å². The molecule has 8 nitrogen and oxygen atoms in total. The lowest BCUT2D eigenvalue weighted by molar-refractivity contribution is -0.137. The Hall–Kier alpha value is -4.58. The molecule has 5 saturated carbocycles. The van der Waals surface area contributed by atoms with E-state index in [-0.39, 0.29) is 46.0 Å². The maximum Gasteiger partial charge on any atom is 0.416 e. The Morgan fingerprint density at radius 2 is 1.63 bits per heavy atom. The molecule has 4 atom stereocenters. The Morgan fingerprint density at radius 1 is 0.923 bits per heavy atom. The molecule has 0 aliphatic heterocycles. The topological polar surface area (TPSA) is 112 Å². The Morgan fingerprint density at radius 3 is 2.31 bits per heavy atom. The highest BCUT2D eigenvalue weighted by atomic mass is 35.5. The van der Waals surface area contributed by atoms with Gasteiger partial charge in [0.25, 0.3) is 0 Å². The van der Waals surface area contributed by atoms with E-state index >= 15 is 0 Å². The van der Waals surface area contributed by atoms with E-state index in [1.54, 1.807) is 13.2 Å². The Kier molecular flexibility index (Phi) is 12.3. The van der Waals surface area contributed by atoms with Crippen molar-refractivity contribution in [1.29, 1.82) is 0 Å². The van der Waals surface area contributed by atoms with Crippen LogP contribution in [0, 0.1) is 28.6 Å². The molecule has 6 bridgehead atoms. The van der Waals surface area contributed by atoms with Crippen LogP contribution >= 0.6 is 11.6 Å². The van der Waals surface area contributed by atoms with Crippen LogP contribution in [-0.4, -0.2) is 58.8 Å². The van der Waals surface area contributed by atoms with Crippen LogP contribution in [0.3, 0.4) is 0 Å². The number of hydrogen-bond acceptors (Lipinski definition) is 6. The van der Waals surface area contributed by atoms with Crippen LogP contribution in [0.5, 0.6) is 5.75 Å². The summed E-state index contributed by atoms with van der Waals surface area (Å²) in [4.78, 5) is 31.5. The van der Waals surface area contributed by atoms with E-state index in [0.29, 0.717) is 86.2 Å². The molecule has 0 radical (unpaired) electrons. The molecule has 0 spiro atoms. The maximum absolute atomic E-state index is 14.9. The number of rotatable bonds is 9. The van der Waals surface area contributed by atoms with Crippen molar-refractivity contribution in [3.63, 3.8) is 0 Å². The van der Waals surface area contributed by atoms with E-state index in [2.05, 4.69) is 25.2 Å². The number of allylic oxidation sites excluding steroid dienone is 2. The Balaban J connectivity index is 1.09. The number of hydrogen-bond donors (Lipinski definition) is 3. The van der Waals surface area contributed by atoms with Crippen LogP contribution in [0.25, 0.3) is 11.3 Å². The molecule has 1 aromatic heterocycles. The van der Waals surface area contributed by atoms with Gasteiger partial charge in [-0.3, -0.25) is 4.79 Å². The van der Waals surface area contributed by atoms with Crippen molar-refractivity contribution < 1.29 is 42.1 Å². The van der Waals surface area contributed by atoms with Crippen molar-refractivity contribution in [3.05, 3.63) is 117 Å². The highest BCUT2D eigenvalue weighted by Gasteiger charge is 2.59. The summed E-state index contributed by atoms with van der Waals surface area (Å²) in [5.74, 6) is 1.85. The number of nitrogens with one attached hydrogen (secondary N) is 1. The summed E-state index contributed by atoms with van der Waals surface area (Å²) in [7, 11) is 1.60. The van der Waals surface area contributed by atoms with Gasteiger partial charge < -0.3 is 29.6 Å². The van der Waals surface area contributed by atoms with Crippen LogP contribution in [0.15, 0.2) is 88.9 Å². The third-order valence-electron chi connectivity index (χ3n) is 16.1. The van der Waals surface area contributed by atoms with Gasteiger partial charge in [0.1, 0.15) is 11.5 Å². The van der Waals surface area contributed by atoms with Crippen LogP contribution in [0.4, 0.5) is 23.7 Å². The smallest absolute Gasteiger partial charge is 0.416 e. The summed E-state index contributed by atoms with van der Waals surface area (Å²) < 4.78 is 52.6. The van der Waals surface area contributed by atoms with Gasteiger partial charge in [-0.2, -0.15) is 13.2 Å². The van der Waals surface area contributed by atoms with Gasteiger partial charge in [0.2, 0.25) is 5.78 Å². The number of benzene rings is 3. The van der Waals surface area contributed by atoms with E-state index < -0.39 is 34.6 Å². The lowest BCUT2D eigenvalue weighted by Gasteiger charge is -2.58. The molecular weight excluding hydrogens is 853 g/mol. The van der Waals surface area contributed by atoms with E-state index in [1.165, 1.54) is 31.4 Å². The van der Waals surface area contributed by atoms with E-state index in [9.17, 15) is 33.0 Å². The number of nitrogens with zero attached hydrogens (tertiary/aromatic N) is 1. The number of ether oxygens (including phenoxy) is 1. The van der Waals surface area contributed by atoms with Gasteiger partial charge in [-0.25, -0.2) is 4.79 Å². The average Bonchev–Trinajstić information content (AvgIpc) is 3.84. The summed E-state index contributed by atoms with van der Waals surface area (Å²) in [6.45, 7) is 4.85. The second kappa shape index (κ2) is 17.6. The minimum absolute atomic E-state index is 0.00938. The SMILES string of the molecule is COc1ccc(NC(=O)N(CC23CC4CC(CC(C4)C2)C3)C[C@]2(O)CC[C@H]3c4ccc(cc4C(=O)c4ccc(-c5cc(C(F)(F)F)ccc5Cl)o4)C[C@@H](O)CCC(C)=CCC[C@@]32C)cc1. The molecule has 5 fully saturated rings. The zero-order chi connectivity index (χ0) is 45.9. The average molecular weight is 914 g/mol.